The number of benzene rings is 1. The molecule has 128 valence electrons. The smallest absolute Gasteiger partial charge is 0.410 e. The van der Waals surface area contributed by atoms with E-state index in [1.54, 1.807) is 37.8 Å². The molecule has 1 amide bonds. The average molecular weight is 391 g/mol. The van der Waals surface area contributed by atoms with E-state index in [0.29, 0.717) is 13.1 Å². The monoisotopic (exact) mass is 390 g/mol. The van der Waals surface area contributed by atoms with E-state index in [1.807, 2.05) is 12.1 Å². The van der Waals surface area contributed by atoms with Crippen molar-refractivity contribution in [2.24, 2.45) is 0 Å². The molecule has 1 saturated heterocycles. The molecule has 1 aliphatic heterocycles. The highest BCUT2D eigenvalue weighted by atomic mass is 79.9. The first kappa shape index (κ1) is 18.0. The largest absolute Gasteiger partial charge is 0.444 e. The summed E-state index contributed by atoms with van der Waals surface area (Å²) in [6, 6.07) is 6.18. The van der Waals surface area contributed by atoms with Crippen LogP contribution in [0.1, 0.15) is 20.8 Å². The van der Waals surface area contributed by atoms with Crippen molar-refractivity contribution in [1.82, 2.24) is 4.90 Å². The van der Waals surface area contributed by atoms with Crippen molar-refractivity contribution in [2.75, 3.05) is 24.5 Å². The van der Waals surface area contributed by atoms with Gasteiger partial charge >= 0.3 is 6.09 Å². The normalized spacial score (nSPS) is 19.2. The van der Waals surface area contributed by atoms with Crippen molar-refractivity contribution in [3.05, 3.63) is 28.7 Å². The lowest BCUT2D eigenvalue weighted by atomic mass is 10.1. The van der Waals surface area contributed by atoms with Gasteiger partial charge < -0.3 is 14.5 Å². The predicted octanol–water partition coefficient (Wildman–Crippen LogP) is 4.14. The highest BCUT2D eigenvalue weighted by molar-refractivity contribution is 9.10. The third-order valence-electron chi connectivity index (χ3n) is 3.52. The summed E-state index contributed by atoms with van der Waals surface area (Å²) in [5, 5.41) is 0. The first-order valence-corrected chi connectivity index (χ1v) is 8.25. The molecule has 1 aromatic carbocycles. The summed E-state index contributed by atoms with van der Waals surface area (Å²) in [6.45, 7) is 5.92. The molecule has 0 radical (unpaired) electrons. The molecular formula is C16H21BrF2N2O2. The molecule has 2 rings (SSSR count). The van der Waals surface area contributed by atoms with Crippen molar-refractivity contribution in [1.29, 1.82) is 0 Å². The lowest BCUT2D eigenvalue weighted by Gasteiger charge is -2.42. The van der Waals surface area contributed by atoms with Crippen LogP contribution in [-0.2, 0) is 4.74 Å². The topological polar surface area (TPSA) is 32.8 Å². The molecule has 1 fully saturated rings. The Morgan fingerprint density at radius 1 is 1.26 bits per heavy atom. The molecule has 23 heavy (non-hydrogen) atoms. The maximum absolute atomic E-state index is 13.5. The van der Waals surface area contributed by atoms with E-state index in [4.69, 9.17) is 4.74 Å². The molecule has 1 atom stereocenters. The summed E-state index contributed by atoms with van der Waals surface area (Å²) in [5.74, 6) is 0. The Morgan fingerprint density at radius 3 is 2.39 bits per heavy atom. The minimum absolute atomic E-state index is 0.0529. The average Bonchev–Trinajstić information content (AvgIpc) is 2.45. The predicted molar refractivity (Wildman–Crippen MR) is 89.1 cm³/mol. The van der Waals surface area contributed by atoms with Crippen molar-refractivity contribution in [3.8, 4) is 0 Å². The van der Waals surface area contributed by atoms with Crippen LogP contribution in [0.4, 0.5) is 19.3 Å². The zero-order valence-electron chi connectivity index (χ0n) is 13.4. The van der Waals surface area contributed by atoms with Crippen LogP contribution in [-0.4, -0.2) is 48.7 Å². The van der Waals surface area contributed by atoms with E-state index in [2.05, 4.69) is 15.9 Å². The van der Waals surface area contributed by atoms with Crippen LogP contribution in [0, 0.1) is 0 Å². The van der Waals surface area contributed by atoms with E-state index < -0.39 is 24.2 Å². The Labute approximate surface area is 143 Å². The Morgan fingerprint density at radius 2 is 1.87 bits per heavy atom. The number of rotatable bonds is 2. The van der Waals surface area contributed by atoms with Crippen LogP contribution < -0.4 is 4.90 Å². The third kappa shape index (κ3) is 4.80. The van der Waals surface area contributed by atoms with Gasteiger partial charge in [0.05, 0.1) is 0 Å². The van der Waals surface area contributed by atoms with E-state index >= 15 is 0 Å². The number of ether oxygens (including phenoxy) is 1. The number of halogens is 3. The van der Waals surface area contributed by atoms with Gasteiger partial charge in [-0.15, -0.1) is 0 Å². The van der Waals surface area contributed by atoms with Gasteiger partial charge in [0, 0.05) is 29.8 Å². The number of piperazine rings is 1. The summed E-state index contributed by atoms with van der Waals surface area (Å²) in [4.78, 5) is 15.1. The maximum atomic E-state index is 13.5. The zero-order chi connectivity index (χ0) is 17.2. The molecule has 0 bridgehead atoms. The Kier molecular flexibility index (Phi) is 5.49. The first-order chi connectivity index (χ1) is 10.7. The molecule has 1 heterocycles. The van der Waals surface area contributed by atoms with E-state index in [0.717, 1.165) is 10.2 Å². The SMILES string of the molecule is CC(C)(C)OC(=O)N1CCN(c2ccc(Br)cc2)[C@H](C(F)F)C1. The number of anilines is 1. The number of hydrogen-bond acceptors (Lipinski definition) is 3. The van der Waals surface area contributed by atoms with Crippen molar-refractivity contribution in [2.45, 2.75) is 38.8 Å². The maximum Gasteiger partial charge on any atom is 0.410 e. The molecule has 0 N–H and O–H groups in total. The van der Waals surface area contributed by atoms with Crippen LogP contribution in [0.3, 0.4) is 0 Å². The highest BCUT2D eigenvalue weighted by Crippen LogP contribution is 2.26. The molecule has 4 nitrogen and oxygen atoms in total. The molecule has 0 saturated carbocycles. The van der Waals surface area contributed by atoms with Crippen LogP contribution in [0.2, 0.25) is 0 Å². The molecular weight excluding hydrogens is 370 g/mol. The van der Waals surface area contributed by atoms with Gasteiger partial charge in [0.1, 0.15) is 11.6 Å². The summed E-state index contributed by atoms with van der Waals surface area (Å²) in [5.41, 5.74) is 0.0857. The lowest BCUT2D eigenvalue weighted by molar-refractivity contribution is 0.0121. The van der Waals surface area contributed by atoms with Crippen LogP contribution in [0.25, 0.3) is 0 Å². The zero-order valence-corrected chi connectivity index (χ0v) is 15.0. The molecule has 1 aliphatic rings. The third-order valence-corrected chi connectivity index (χ3v) is 4.05. The van der Waals surface area contributed by atoms with Gasteiger partial charge in [0.15, 0.2) is 0 Å². The number of carbonyl (C=O) groups is 1. The molecule has 0 unspecified atom stereocenters. The summed E-state index contributed by atoms with van der Waals surface area (Å²) in [7, 11) is 0. The van der Waals surface area contributed by atoms with Crippen LogP contribution in [0.15, 0.2) is 28.7 Å². The number of alkyl halides is 2. The Bertz CT molecular complexity index is 546. The van der Waals surface area contributed by atoms with Crippen molar-refractivity contribution < 1.29 is 18.3 Å². The Hall–Kier alpha value is -1.37. The van der Waals surface area contributed by atoms with Gasteiger partial charge in [0.2, 0.25) is 0 Å². The van der Waals surface area contributed by atoms with Crippen molar-refractivity contribution in [3.63, 3.8) is 0 Å². The summed E-state index contributed by atoms with van der Waals surface area (Å²) in [6.07, 6.45) is -3.09. The minimum atomic E-state index is -2.55. The second-order valence-corrected chi connectivity index (χ2v) is 7.41. The summed E-state index contributed by atoms with van der Waals surface area (Å²) >= 11 is 3.33. The van der Waals surface area contributed by atoms with Gasteiger partial charge in [-0.05, 0) is 45.0 Å². The fourth-order valence-electron chi connectivity index (χ4n) is 2.47. The van der Waals surface area contributed by atoms with Crippen molar-refractivity contribution >= 4 is 27.7 Å². The van der Waals surface area contributed by atoms with Gasteiger partial charge in [-0.3, -0.25) is 0 Å². The number of amides is 1. The van der Waals surface area contributed by atoms with Crippen LogP contribution in [0.5, 0.6) is 0 Å². The van der Waals surface area contributed by atoms with Gasteiger partial charge in [-0.25, -0.2) is 13.6 Å². The first-order valence-electron chi connectivity index (χ1n) is 7.45. The fraction of sp³-hybridized carbons (Fsp3) is 0.562. The van der Waals surface area contributed by atoms with Gasteiger partial charge in [0.25, 0.3) is 6.43 Å². The summed E-state index contributed by atoms with van der Waals surface area (Å²) < 4.78 is 33.1. The Balaban J connectivity index is 2.12. The molecule has 0 aromatic heterocycles. The number of carbonyl (C=O) groups excluding carboxylic acids is 1. The van der Waals surface area contributed by atoms with E-state index in [-0.39, 0.29) is 6.54 Å². The molecule has 0 aliphatic carbocycles. The standard InChI is InChI=1S/C16H21BrF2N2O2/c1-16(2,3)23-15(22)20-8-9-21(13(10-20)14(18)19)12-6-4-11(17)5-7-12/h4-7,13-14H,8-10H2,1-3H3/t13-/m0/s1. The van der Waals surface area contributed by atoms with Gasteiger partial charge in [-0.1, -0.05) is 15.9 Å². The highest BCUT2D eigenvalue weighted by Gasteiger charge is 2.36. The molecule has 7 heteroatoms. The second-order valence-electron chi connectivity index (χ2n) is 6.50. The fourth-order valence-corrected chi connectivity index (χ4v) is 2.74. The van der Waals surface area contributed by atoms with Crippen LogP contribution >= 0.6 is 15.9 Å². The van der Waals surface area contributed by atoms with Gasteiger partial charge in [-0.2, -0.15) is 0 Å². The minimum Gasteiger partial charge on any atom is -0.444 e. The van der Waals surface area contributed by atoms with E-state index in [1.165, 1.54) is 4.90 Å². The lowest BCUT2D eigenvalue weighted by Crippen LogP contribution is -2.58. The van der Waals surface area contributed by atoms with E-state index in [9.17, 15) is 13.6 Å². The number of nitrogens with zero attached hydrogens (tertiary/aromatic N) is 2. The quantitative estimate of drug-likeness (QED) is 0.760. The molecule has 0 spiro atoms. The molecule has 1 aromatic rings. The second kappa shape index (κ2) is 7.03. The number of hydrogen-bond donors (Lipinski definition) is 0.